The van der Waals surface area contributed by atoms with Gasteiger partial charge in [-0.1, -0.05) is 19.8 Å². The second-order valence-corrected chi connectivity index (χ2v) is 4.81. The molecule has 0 spiro atoms. The second-order valence-electron chi connectivity index (χ2n) is 4.81. The van der Waals surface area contributed by atoms with Gasteiger partial charge in [-0.05, 0) is 19.5 Å². The van der Waals surface area contributed by atoms with Crippen LogP contribution in [0.5, 0.6) is 5.88 Å². The summed E-state index contributed by atoms with van der Waals surface area (Å²) in [6.45, 7) is 3.29. The Hall–Kier alpha value is -2.15. The number of hydrogen-bond donors (Lipinski definition) is 3. The minimum absolute atomic E-state index is 0.244. The Morgan fingerprint density at radius 1 is 1.45 bits per heavy atom. The van der Waals surface area contributed by atoms with Crippen molar-refractivity contribution >= 4 is 18.0 Å². The lowest BCUT2D eigenvalue weighted by atomic mass is 10.1. The van der Waals surface area contributed by atoms with Crippen LogP contribution in [-0.2, 0) is 9.59 Å². The molecule has 0 aliphatic heterocycles. The average molecular weight is 308 g/mol. The van der Waals surface area contributed by atoms with Crippen LogP contribution in [0.4, 0.5) is 5.69 Å². The first-order chi connectivity index (χ1) is 10.7. The fourth-order valence-electron chi connectivity index (χ4n) is 1.81. The van der Waals surface area contributed by atoms with Gasteiger partial charge in [0.2, 0.25) is 18.2 Å². The van der Waals surface area contributed by atoms with E-state index in [4.69, 9.17) is 4.74 Å². The van der Waals surface area contributed by atoms with Crippen molar-refractivity contribution in [2.75, 3.05) is 25.5 Å². The minimum Gasteiger partial charge on any atom is -0.476 e. The van der Waals surface area contributed by atoms with Crippen molar-refractivity contribution in [3.8, 4) is 5.88 Å². The SMILES string of the molecule is CCCCC(NC=O)C(=O)Nc1ccc(OCCNC)nc1. The van der Waals surface area contributed by atoms with E-state index in [2.05, 4.69) is 20.9 Å². The van der Waals surface area contributed by atoms with Crippen molar-refractivity contribution < 1.29 is 14.3 Å². The summed E-state index contributed by atoms with van der Waals surface area (Å²) in [5.41, 5.74) is 0.570. The van der Waals surface area contributed by atoms with Gasteiger partial charge in [-0.2, -0.15) is 0 Å². The lowest BCUT2D eigenvalue weighted by Gasteiger charge is -2.15. The van der Waals surface area contributed by atoms with Crippen LogP contribution >= 0.6 is 0 Å². The molecule has 1 heterocycles. The van der Waals surface area contributed by atoms with Gasteiger partial charge in [0.1, 0.15) is 12.6 Å². The van der Waals surface area contributed by atoms with Crippen LogP contribution in [0, 0.1) is 0 Å². The van der Waals surface area contributed by atoms with Crippen molar-refractivity contribution in [2.24, 2.45) is 0 Å². The maximum Gasteiger partial charge on any atom is 0.246 e. The Morgan fingerprint density at radius 3 is 2.86 bits per heavy atom. The molecule has 0 aromatic carbocycles. The zero-order chi connectivity index (χ0) is 16.2. The van der Waals surface area contributed by atoms with Gasteiger partial charge in [-0.3, -0.25) is 9.59 Å². The number of aromatic nitrogens is 1. The largest absolute Gasteiger partial charge is 0.476 e. The third kappa shape index (κ3) is 6.53. The predicted molar refractivity (Wildman–Crippen MR) is 84.8 cm³/mol. The van der Waals surface area contributed by atoms with Crippen molar-refractivity contribution in [1.29, 1.82) is 0 Å². The predicted octanol–water partition coefficient (Wildman–Crippen LogP) is 0.923. The van der Waals surface area contributed by atoms with Crippen molar-refractivity contribution in [2.45, 2.75) is 32.2 Å². The summed E-state index contributed by atoms with van der Waals surface area (Å²) in [7, 11) is 1.84. The van der Waals surface area contributed by atoms with E-state index >= 15 is 0 Å². The molecule has 1 rings (SSSR count). The summed E-state index contributed by atoms with van der Waals surface area (Å²) >= 11 is 0. The third-order valence-electron chi connectivity index (χ3n) is 3.04. The molecular weight excluding hydrogens is 284 g/mol. The topological polar surface area (TPSA) is 92.4 Å². The van der Waals surface area contributed by atoms with Crippen LogP contribution in [0.1, 0.15) is 26.2 Å². The van der Waals surface area contributed by atoms with Gasteiger partial charge in [-0.25, -0.2) is 4.98 Å². The van der Waals surface area contributed by atoms with Crippen LogP contribution in [0.15, 0.2) is 18.3 Å². The molecule has 3 N–H and O–H groups in total. The number of pyridine rings is 1. The monoisotopic (exact) mass is 308 g/mol. The average Bonchev–Trinajstić information content (AvgIpc) is 2.53. The number of likely N-dealkylation sites (N-methyl/N-ethyl adjacent to an activating group) is 1. The highest BCUT2D eigenvalue weighted by Gasteiger charge is 2.17. The van der Waals surface area contributed by atoms with E-state index in [1.165, 1.54) is 6.20 Å². The van der Waals surface area contributed by atoms with Crippen LogP contribution in [-0.4, -0.2) is 43.5 Å². The maximum absolute atomic E-state index is 12.1. The van der Waals surface area contributed by atoms with Gasteiger partial charge < -0.3 is 20.7 Å². The number of nitrogens with one attached hydrogen (secondary N) is 3. The van der Waals surface area contributed by atoms with Crippen molar-refractivity contribution in [3.05, 3.63) is 18.3 Å². The fourth-order valence-corrected chi connectivity index (χ4v) is 1.81. The lowest BCUT2D eigenvalue weighted by molar-refractivity contribution is -0.121. The Morgan fingerprint density at radius 2 is 2.27 bits per heavy atom. The minimum atomic E-state index is -0.524. The number of rotatable bonds is 11. The molecule has 0 saturated carbocycles. The number of amides is 2. The molecule has 2 amide bonds. The molecule has 0 fully saturated rings. The summed E-state index contributed by atoms with van der Waals surface area (Å²) in [5.74, 6) is 0.257. The van der Waals surface area contributed by atoms with Crippen LogP contribution < -0.4 is 20.7 Å². The van der Waals surface area contributed by atoms with Crippen molar-refractivity contribution in [3.63, 3.8) is 0 Å². The molecule has 1 unspecified atom stereocenters. The third-order valence-corrected chi connectivity index (χ3v) is 3.04. The quantitative estimate of drug-likeness (QED) is 0.418. The fraction of sp³-hybridized carbons (Fsp3) is 0.533. The normalized spacial score (nSPS) is 11.5. The summed E-state index contributed by atoms with van der Waals surface area (Å²) in [4.78, 5) is 26.8. The highest BCUT2D eigenvalue weighted by molar-refractivity contribution is 5.95. The zero-order valence-electron chi connectivity index (χ0n) is 13.1. The highest BCUT2D eigenvalue weighted by atomic mass is 16.5. The molecule has 7 heteroatoms. The van der Waals surface area contributed by atoms with Gasteiger partial charge >= 0.3 is 0 Å². The molecule has 1 aromatic heterocycles. The van der Waals surface area contributed by atoms with Gasteiger partial charge in [0, 0.05) is 12.6 Å². The molecule has 0 aliphatic rings. The summed E-state index contributed by atoms with van der Waals surface area (Å²) < 4.78 is 5.40. The van der Waals surface area contributed by atoms with Crippen molar-refractivity contribution in [1.82, 2.24) is 15.6 Å². The number of anilines is 1. The summed E-state index contributed by atoms with van der Waals surface area (Å²) in [6.07, 6.45) is 4.53. The standard InChI is InChI=1S/C15H24N4O3/c1-3-4-5-13(18-11-20)15(21)19-12-6-7-14(17-10-12)22-9-8-16-2/h6-7,10-11,13,16H,3-5,8-9H2,1-2H3,(H,18,20)(H,19,21). The van der Waals surface area contributed by atoms with E-state index in [9.17, 15) is 9.59 Å². The van der Waals surface area contributed by atoms with E-state index in [-0.39, 0.29) is 5.91 Å². The van der Waals surface area contributed by atoms with Crippen LogP contribution in [0.3, 0.4) is 0 Å². The zero-order valence-corrected chi connectivity index (χ0v) is 13.1. The number of carbonyl (C=O) groups excluding carboxylic acids is 2. The van der Waals surface area contributed by atoms with Crippen LogP contribution in [0.2, 0.25) is 0 Å². The number of ether oxygens (including phenoxy) is 1. The molecule has 1 aromatic rings. The maximum atomic E-state index is 12.1. The Bertz CT molecular complexity index is 451. The molecule has 22 heavy (non-hydrogen) atoms. The molecular formula is C15H24N4O3. The van der Waals surface area contributed by atoms with Gasteiger partial charge in [-0.15, -0.1) is 0 Å². The smallest absolute Gasteiger partial charge is 0.246 e. The summed E-state index contributed by atoms with van der Waals surface area (Å²) in [5, 5.41) is 8.25. The highest BCUT2D eigenvalue weighted by Crippen LogP contribution is 2.12. The molecule has 0 aliphatic carbocycles. The Labute approximate surface area is 130 Å². The van der Waals surface area contributed by atoms with Crippen LogP contribution in [0.25, 0.3) is 0 Å². The summed E-state index contributed by atoms with van der Waals surface area (Å²) in [6, 6.07) is 2.89. The first kappa shape index (κ1) is 17.9. The molecule has 0 bridgehead atoms. The number of unbranched alkanes of at least 4 members (excludes halogenated alkanes) is 1. The first-order valence-corrected chi connectivity index (χ1v) is 7.45. The number of carbonyl (C=O) groups is 2. The van der Waals surface area contributed by atoms with E-state index in [0.29, 0.717) is 31.0 Å². The van der Waals surface area contributed by atoms with E-state index in [0.717, 1.165) is 19.4 Å². The molecule has 7 nitrogen and oxygen atoms in total. The van der Waals surface area contributed by atoms with Gasteiger partial charge in [0.15, 0.2) is 0 Å². The second kappa shape index (κ2) is 10.6. The van der Waals surface area contributed by atoms with E-state index in [1.807, 2.05) is 14.0 Å². The lowest BCUT2D eigenvalue weighted by Crippen LogP contribution is -2.39. The number of hydrogen-bond acceptors (Lipinski definition) is 5. The van der Waals surface area contributed by atoms with E-state index < -0.39 is 6.04 Å². The molecule has 0 radical (unpaired) electrons. The Balaban J connectivity index is 2.53. The molecule has 122 valence electrons. The van der Waals surface area contributed by atoms with Gasteiger partial charge in [0.25, 0.3) is 0 Å². The molecule has 0 saturated heterocycles. The van der Waals surface area contributed by atoms with E-state index in [1.54, 1.807) is 12.1 Å². The first-order valence-electron chi connectivity index (χ1n) is 7.45. The van der Waals surface area contributed by atoms with Gasteiger partial charge in [0.05, 0.1) is 11.9 Å². The number of nitrogens with zero attached hydrogens (tertiary/aromatic N) is 1. The Kier molecular flexibility index (Phi) is 8.59. The molecule has 1 atom stereocenters.